The number of ether oxygens (including phenoxy) is 9. The molecule has 0 aromatic rings. The summed E-state index contributed by atoms with van der Waals surface area (Å²) in [6, 6.07) is -1.05. The van der Waals surface area contributed by atoms with Gasteiger partial charge in [-0.25, -0.2) is 9.59 Å². The second-order valence-corrected chi connectivity index (χ2v) is 23.0. The van der Waals surface area contributed by atoms with Gasteiger partial charge in [-0.3, -0.25) is 19.6 Å². The van der Waals surface area contributed by atoms with Gasteiger partial charge in [-0.05, 0) is 95.8 Å². The van der Waals surface area contributed by atoms with Gasteiger partial charge in [-0.2, -0.15) is 0 Å². The molecule has 76 heavy (non-hydrogen) atoms. The first-order valence-corrected chi connectivity index (χ1v) is 26.7. The summed E-state index contributed by atoms with van der Waals surface area (Å²) >= 11 is 0. The van der Waals surface area contributed by atoms with Crippen molar-refractivity contribution < 1.29 is 87.1 Å². The van der Waals surface area contributed by atoms with Crippen molar-refractivity contribution >= 4 is 30.1 Å². The van der Waals surface area contributed by atoms with Crippen molar-refractivity contribution in [3.63, 3.8) is 0 Å². The molecular weight excluding hydrogens is 993 g/mol. The Bertz CT molecular complexity index is 2400. The number of methoxy groups -OCH3 is 1. The Hall–Kier alpha value is -4.39. The highest BCUT2D eigenvalue weighted by atomic mass is 16.8. The monoisotopic (exact) mass is 1070 g/mol. The third-order valence-corrected chi connectivity index (χ3v) is 17.9. The molecule has 4 saturated heterocycles. The van der Waals surface area contributed by atoms with E-state index in [1.54, 1.807) is 33.8 Å². The van der Waals surface area contributed by atoms with Crippen LogP contribution in [0.5, 0.6) is 0 Å². The van der Waals surface area contributed by atoms with Gasteiger partial charge in [-0.1, -0.05) is 50.6 Å². The smallest absolute Gasteiger partial charge is 0.407 e. The zero-order valence-electron chi connectivity index (χ0n) is 45.2. The maximum absolute atomic E-state index is 15.4. The van der Waals surface area contributed by atoms with Crippen LogP contribution in [-0.2, 0) is 61.8 Å². The number of amides is 1. The number of hydrogen-bond donors (Lipinski definition) is 5. The molecule has 4 heterocycles. The summed E-state index contributed by atoms with van der Waals surface area (Å²) in [5.74, 6) is -6.13. The molecule has 0 aromatic carbocycles. The number of carbonyl (C=O) groups excluding carboxylic acids is 5. The minimum atomic E-state index is -2.17. The van der Waals surface area contributed by atoms with Gasteiger partial charge in [0, 0.05) is 49.9 Å². The molecule has 422 valence electrons. The maximum Gasteiger partial charge on any atom is 0.407 e. The van der Waals surface area contributed by atoms with Crippen molar-refractivity contribution in [2.24, 2.45) is 40.9 Å². The first kappa shape index (κ1) is 57.8. The Kier molecular flexibility index (Phi) is 17.0. The predicted molar refractivity (Wildman–Crippen MR) is 267 cm³/mol. The van der Waals surface area contributed by atoms with Gasteiger partial charge in [0.25, 0.3) is 0 Å². The number of carbonyl (C=O) groups is 5. The number of allylic oxidation sites excluding steroid dienone is 3. The topological polar surface area (TPSA) is 288 Å². The van der Waals surface area contributed by atoms with Crippen LogP contribution < -0.4 is 5.32 Å². The number of nitrogens with zero attached hydrogens (tertiary/aromatic N) is 1. The van der Waals surface area contributed by atoms with Gasteiger partial charge in [-0.15, -0.1) is 0 Å². The van der Waals surface area contributed by atoms with Crippen LogP contribution >= 0.6 is 0 Å². The van der Waals surface area contributed by atoms with Crippen LogP contribution in [-0.4, -0.2) is 154 Å². The summed E-state index contributed by atoms with van der Waals surface area (Å²) < 4.78 is 55.7. The fourth-order valence-corrected chi connectivity index (χ4v) is 14.0. The van der Waals surface area contributed by atoms with Gasteiger partial charge < -0.3 is 73.7 Å². The summed E-state index contributed by atoms with van der Waals surface area (Å²) in [6.45, 7) is 17.5. The fourth-order valence-electron chi connectivity index (χ4n) is 14.0. The lowest BCUT2D eigenvalue weighted by Crippen LogP contribution is -2.67. The molecular formula is C55H77N2O19-. The van der Waals surface area contributed by atoms with Gasteiger partial charge in [0.15, 0.2) is 30.6 Å². The number of hydroxylamine groups is 2. The molecule has 4 aliphatic carbocycles. The Morgan fingerprint density at radius 1 is 0.882 bits per heavy atom. The standard InChI is InChI=1S/C55H77N2O19/c1-25-12-16-39(73-43-23-53(9,57(66)67)48(31(7)71-43)56-52(65)68-11)26(2)19-36-38(61)20-33(24-58)22-55(36)50(63)44(51(64)76-55)49(62)54(10)35(25)14-13-34-45(54)27(3)18-28(4)46(34)75-42-21-40(47(30(6)70-42)72-32(8)59)74-41-17-15-37(60)29(5)69-41/h12-14,19-20,24,27-31,34-43,45-48,60-62,66H,15-18,21-23H2,1-11H3,(H,56,65)/q-1/b25-12-,26-19?,49-44?/t27-,28+,29+,30+,31+,34-,35-,36-,37-,38-,39+,40-,41+,42-,43-,45-,46-,47+,48+,53-,54-,55-/m0/s1. The average Bonchev–Trinajstić information content (AvgIpc) is 3.75. The number of fused-ring (bicyclic) bond motifs is 4. The molecule has 1 amide bonds. The van der Waals surface area contributed by atoms with Crippen LogP contribution in [0.25, 0.3) is 0 Å². The van der Waals surface area contributed by atoms with Crippen LogP contribution in [0.1, 0.15) is 114 Å². The number of rotatable bonds is 10. The minimum absolute atomic E-state index is 0.0156. The predicted octanol–water partition coefficient (Wildman–Crippen LogP) is 5.48. The van der Waals surface area contributed by atoms with Crippen molar-refractivity contribution in [3.8, 4) is 0 Å². The van der Waals surface area contributed by atoms with Crippen molar-refractivity contribution in [2.75, 3.05) is 7.11 Å². The SMILES string of the molecule is COC(=O)N[C@@H]1[C@@H](C)O[C@@H](O[C@@H]2C/C=C(/C)[C@@H]3C=C[C@@H]4[C@@H](O[C@H]5C[C@H](O[C@@H]6CC[C@H](O)[C@@H](C)O6)[C@H](OC(C)=O)[C@@H](C)O5)[C@H](C)C[C@H](C)[C@@H]4[C@@]3(C)C(O)=C3C(=O)O[C@]4(CC(C=O)=C[C@H](O)[C@@H]4C=C2C)C3=O)C[C@]1(C)N([O-])O. The van der Waals surface area contributed by atoms with Crippen molar-refractivity contribution in [1.29, 1.82) is 0 Å². The van der Waals surface area contributed by atoms with E-state index in [0.29, 0.717) is 31.1 Å². The van der Waals surface area contributed by atoms with Crippen LogP contribution in [0, 0.1) is 46.1 Å². The number of hydrogen-bond acceptors (Lipinski definition) is 20. The number of nitrogens with one attached hydrogen (secondary N) is 1. The molecule has 0 radical (unpaired) electrons. The zero-order chi connectivity index (χ0) is 55.5. The molecule has 4 aliphatic heterocycles. The highest BCUT2D eigenvalue weighted by Gasteiger charge is 2.65. The second kappa shape index (κ2) is 22.4. The zero-order valence-corrected chi connectivity index (χ0v) is 45.2. The normalized spacial score (nSPS) is 45.5. The third-order valence-electron chi connectivity index (χ3n) is 17.9. The number of Topliss-reactive ketones (excluding diaryl/α,β-unsaturated/α-hetero) is 1. The largest absolute Gasteiger partial charge is 0.762 e. The number of esters is 2. The highest BCUT2D eigenvalue weighted by Crippen LogP contribution is 2.61. The molecule has 21 nitrogen and oxygen atoms in total. The molecule has 0 aromatic heterocycles. The Morgan fingerprint density at radius 3 is 2.24 bits per heavy atom. The van der Waals surface area contributed by atoms with Gasteiger partial charge in [0.05, 0.1) is 67.3 Å². The van der Waals surface area contributed by atoms with E-state index in [-0.39, 0.29) is 41.9 Å². The highest BCUT2D eigenvalue weighted by molar-refractivity contribution is 6.26. The molecule has 1 saturated carbocycles. The van der Waals surface area contributed by atoms with E-state index >= 15 is 4.79 Å². The molecule has 22 atom stereocenters. The number of ketones is 1. The molecule has 2 bridgehead atoms. The molecule has 5 fully saturated rings. The van der Waals surface area contributed by atoms with E-state index < -0.39 is 162 Å². The molecule has 5 N–H and O–H groups in total. The van der Waals surface area contributed by atoms with E-state index in [1.165, 1.54) is 19.9 Å². The lowest BCUT2D eigenvalue weighted by atomic mass is 9.49. The summed E-state index contributed by atoms with van der Waals surface area (Å²) in [7, 11) is 1.16. The lowest BCUT2D eigenvalue weighted by Gasteiger charge is -2.56. The molecule has 21 heteroatoms. The van der Waals surface area contributed by atoms with E-state index in [0.717, 1.165) is 12.7 Å². The van der Waals surface area contributed by atoms with Crippen LogP contribution in [0.3, 0.4) is 0 Å². The molecule has 0 unspecified atom stereocenters. The fraction of sp³-hybridized carbons (Fsp3) is 0.727. The summed E-state index contributed by atoms with van der Waals surface area (Å²) in [6.07, 6.45) is -0.264. The number of aldehydes is 1. The third kappa shape index (κ3) is 10.6. The number of alkyl carbamates (subject to hydrolysis) is 1. The van der Waals surface area contributed by atoms with Crippen LogP contribution in [0.4, 0.5) is 4.79 Å². The Morgan fingerprint density at radius 2 is 1.58 bits per heavy atom. The van der Waals surface area contributed by atoms with E-state index in [4.69, 9.17) is 42.6 Å². The first-order valence-electron chi connectivity index (χ1n) is 26.7. The van der Waals surface area contributed by atoms with Gasteiger partial charge >= 0.3 is 18.0 Å². The van der Waals surface area contributed by atoms with Crippen LogP contribution in [0.2, 0.25) is 0 Å². The average molecular weight is 1070 g/mol. The molecule has 8 aliphatic rings. The Labute approximate surface area is 443 Å². The van der Waals surface area contributed by atoms with E-state index in [2.05, 4.69) is 25.2 Å². The van der Waals surface area contributed by atoms with Gasteiger partial charge in [0.1, 0.15) is 23.7 Å². The van der Waals surface area contributed by atoms with Crippen molar-refractivity contribution in [1.82, 2.24) is 10.5 Å². The Balaban J connectivity index is 1.19. The van der Waals surface area contributed by atoms with Crippen molar-refractivity contribution in [2.45, 2.75) is 205 Å². The van der Waals surface area contributed by atoms with Crippen molar-refractivity contribution in [3.05, 3.63) is 63.6 Å². The van der Waals surface area contributed by atoms with E-state index in [9.17, 15) is 44.9 Å². The van der Waals surface area contributed by atoms with Gasteiger partial charge in [0.2, 0.25) is 5.78 Å². The molecule has 1 spiro atoms. The summed E-state index contributed by atoms with van der Waals surface area (Å²) in [5.41, 5.74) is -4.61. The molecule has 8 rings (SSSR count). The number of aliphatic hydroxyl groups excluding tert-OH is 3. The quantitative estimate of drug-likeness (QED) is 0.0452. The summed E-state index contributed by atoms with van der Waals surface area (Å²) in [5, 5.41) is 61.1. The minimum Gasteiger partial charge on any atom is -0.762 e. The summed E-state index contributed by atoms with van der Waals surface area (Å²) in [4.78, 5) is 67.2. The van der Waals surface area contributed by atoms with Crippen LogP contribution in [0.15, 0.2) is 58.4 Å². The van der Waals surface area contributed by atoms with E-state index in [1.807, 2.05) is 26.0 Å². The first-order chi connectivity index (χ1) is 35.8. The number of aliphatic hydroxyl groups is 3. The lowest BCUT2D eigenvalue weighted by molar-refractivity contribution is -0.312. The maximum atomic E-state index is 15.4. The second-order valence-electron chi connectivity index (χ2n) is 23.0.